The van der Waals surface area contributed by atoms with E-state index in [0.29, 0.717) is 12.3 Å². The van der Waals surface area contributed by atoms with Crippen molar-refractivity contribution in [1.29, 1.82) is 0 Å². The summed E-state index contributed by atoms with van der Waals surface area (Å²) in [6.07, 6.45) is 2.25. The van der Waals surface area contributed by atoms with Crippen LogP contribution >= 0.6 is 0 Å². The monoisotopic (exact) mass is 314 g/mol. The van der Waals surface area contributed by atoms with Crippen LogP contribution in [0, 0.1) is 13.8 Å². The average molecular weight is 314 g/mol. The van der Waals surface area contributed by atoms with Crippen molar-refractivity contribution in [3.8, 4) is 11.5 Å². The number of benzene rings is 1. The largest absolute Gasteiger partial charge is 0.441 e. The molecule has 23 heavy (non-hydrogen) atoms. The summed E-state index contributed by atoms with van der Waals surface area (Å²) >= 11 is 0. The molecule has 0 unspecified atom stereocenters. The highest BCUT2D eigenvalue weighted by atomic mass is 16.4. The number of hydrogen-bond donors (Lipinski definition) is 0. The normalized spacial score (nSPS) is 10.8. The zero-order valence-electron chi connectivity index (χ0n) is 14.6. The SMILES string of the molecule is CCCN(CCC)C(=O)Cc1nc(-c2ccc(C)cc2)oc1C. The second-order valence-corrected chi connectivity index (χ2v) is 5.95. The molecule has 4 heteroatoms. The summed E-state index contributed by atoms with van der Waals surface area (Å²) in [5.74, 6) is 1.44. The lowest BCUT2D eigenvalue weighted by molar-refractivity contribution is -0.130. The lowest BCUT2D eigenvalue weighted by atomic mass is 10.1. The Bertz CT molecular complexity index is 638. The highest BCUT2D eigenvalue weighted by Gasteiger charge is 2.18. The van der Waals surface area contributed by atoms with Gasteiger partial charge in [-0.2, -0.15) is 0 Å². The summed E-state index contributed by atoms with van der Waals surface area (Å²) < 4.78 is 5.76. The molecule has 0 spiro atoms. The maximum absolute atomic E-state index is 12.5. The van der Waals surface area contributed by atoms with Gasteiger partial charge in [0.25, 0.3) is 0 Å². The Kier molecular flexibility index (Phi) is 5.97. The molecule has 1 aromatic heterocycles. The first-order chi connectivity index (χ1) is 11.0. The van der Waals surface area contributed by atoms with Crippen molar-refractivity contribution in [2.75, 3.05) is 13.1 Å². The van der Waals surface area contributed by atoms with Gasteiger partial charge in [0.1, 0.15) is 5.76 Å². The van der Waals surface area contributed by atoms with Gasteiger partial charge in [0.05, 0.1) is 12.1 Å². The van der Waals surface area contributed by atoms with E-state index in [1.165, 1.54) is 5.56 Å². The van der Waals surface area contributed by atoms with Crippen LogP contribution in [0.5, 0.6) is 0 Å². The molecule has 124 valence electrons. The minimum atomic E-state index is 0.126. The van der Waals surface area contributed by atoms with Crippen molar-refractivity contribution in [2.24, 2.45) is 0 Å². The molecular formula is C19H26N2O2. The molecule has 2 rings (SSSR count). The topological polar surface area (TPSA) is 46.3 Å². The number of carbonyl (C=O) groups excluding carboxylic acids is 1. The Labute approximate surface area is 138 Å². The molecule has 1 aromatic carbocycles. The zero-order valence-corrected chi connectivity index (χ0v) is 14.6. The van der Waals surface area contributed by atoms with Crippen LogP contribution in [0.25, 0.3) is 11.5 Å². The molecule has 1 amide bonds. The predicted molar refractivity (Wildman–Crippen MR) is 92.3 cm³/mol. The van der Waals surface area contributed by atoms with Gasteiger partial charge in [-0.05, 0) is 38.8 Å². The van der Waals surface area contributed by atoms with Gasteiger partial charge in [-0.15, -0.1) is 0 Å². The first kappa shape index (κ1) is 17.3. The molecule has 0 radical (unpaired) electrons. The molecule has 0 aliphatic heterocycles. The minimum absolute atomic E-state index is 0.126. The third-order valence-corrected chi connectivity index (χ3v) is 3.85. The maximum atomic E-state index is 12.5. The maximum Gasteiger partial charge on any atom is 0.228 e. The summed E-state index contributed by atoms with van der Waals surface area (Å²) in [4.78, 5) is 18.9. The number of carbonyl (C=O) groups is 1. The number of aromatic nitrogens is 1. The van der Waals surface area contributed by atoms with E-state index in [4.69, 9.17) is 4.42 Å². The van der Waals surface area contributed by atoms with E-state index in [-0.39, 0.29) is 5.91 Å². The highest BCUT2D eigenvalue weighted by Crippen LogP contribution is 2.22. The number of rotatable bonds is 7. The van der Waals surface area contributed by atoms with Crippen LogP contribution in [-0.2, 0) is 11.2 Å². The van der Waals surface area contributed by atoms with Gasteiger partial charge in [-0.25, -0.2) is 4.98 Å². The van der Waals surface area contributed by atoms with E-state index in [2.05, 4.69) is 18.8 Å². The second-order valence-electron chi connectivity index (χ2n) is 5.95. The van der Waals surface area contributed by atoms with Crippen LogP contribution in [0.3, 0.4) is 0 Å². The number of nitrogens with zero attached hydrogens (tertiary/aromatic N) is 2. The van der Waals surface area contributed by atoms with E-state index >= 15 is 0 Å². The van der Waals surface area contributed by atoms with Crippen molar-refractivity contribution >= 4 is 5.91 Å². The Morgan fingerprint density at radius 2 is 1.70 bits per heavy atom. The molecule has 0 aliphatic rings. The molecule has 0 N–H and O–H groups in total. The van der Waals surface area contributed by atoms with E-state index in [0.717, 1.165) is 42.9 Å². The lowest BCUT2D eigenvalue weighted by Crippen LogP contribution is -2.33. The Morgan fingerprint density at radius 1 is 1.09 bits per heavy atom. The quantitative estimate of drug-likeness (QED) is 0.771. The van der Waals surface area contributed by atoms with Gasteiger partial charge in [-0.1, -0.05) is 31.5 Å². The van der Waals surface area contributed by atoms with Gasteiger partial charge in [0.2, 0.25) is 11.8 Å². The van der Waals surface area contributed by atoms with Crippen LogP contribution in [0.2, 0.25) is 0 Å². The predicted octanol–water partition coefficient (Wildman–Crippen LogP) is 4.15. The van der Waals surface area contributed by atoms with E-state index in [1.807, 2.05) is 43.0 Å². The zero-order chi connectivity index (χ0) is 16.8. The van der Waals surface area contributed by atoms with Gasteiger partial charge in [-0.3, -0.25) is 4.79 Å². The Morgan fingerprint density at radius 3 is 2.26 bits per heavy atom. The summed E-state index contributed by atoms with van der Waals surface area (Å²) in [6, 6.07) is 8.05. The third kappa shape index (κ3) is 4.44. The Hall–Kier alpha value is -2.10. The summed E-state index contributed by atoms with van der Waals surface area (Å²) in [7, 11) is 0. The van der Waals surface area contributed by atoms with Crippen LogP contribution in [0.1, 0.15) is 43.7 Å². The molecule has 0 saturated heterocycles. The molecule has 0 bridgehead atoms. The van der Waals surface area contributed by atoms with Crippen LogP contribution in [0.4, 0.5) is 0 Å². The van der Waals surface area contributed by atoms with Crippen molar-refractivity contribution in [3.05, 3.63) is 41.3 Å². The molecule has 0 fully saturated rings. The molecule has 1 heterocycles. The summed E-state index contributed by atoms with van der Waals surface area (Å²) in [5, 5.41) is 0. The van der Waals surface area contributed by atoms with Gasteiger partial charge in [0.15, 0.2) is 0 Å². The lowest BCUT2D eigenvalue weighted by Gasteiger charge is -2.20. The first-order valence-corrected chi connectivity index (χ1v) is 8.36. The fraction of sp³-hybridized carbons (Fsp3) is 0.474. The van der Waals surface area contributed by atoms with Crippen molar-refractivity contribution < 1.29 is 9.21 Å². The van der Waals surface area contributed by atoms with Gasteiger partial charge >= 0.3 is 0 Å². The number of hydrogen-bond acceptors (Lipinski definition) is 3. The molecule has 2 aromatic rings. The van der Waals surface area contributed by atoms with Crippen molar-refractivity contribution in [1.82, 2.24) is 9.88 Å². The fourth-order valence-electron chi connectivity index (χ4n) is 2.57. The summed E-state index contributed by atoms with van der Waals surface area (Å²) in [6.45, 7) is 9.70. The highest BCUT2D eigenvalue weighted by molar-refractivity contribution is 5.78. The second kappa shape index (κ2) is 7.95. The molecule has 0 saturated carbocycles. The molecular weight excluding hydrogens is 288 g/mol. The summed E-state index contributed by atoms with van der Waals surface area (Å²) in [5.41, 5.74) is 2.88. The standard InChI is InChI=1S/C19H26N2O2/c1-5-11-21(12-6-2)18(22)13-17-15(4)23-19(20-17)16-9-7-14(3)8-10-16/h7-10H,5-6,11-13H2,1-4H3. The van der Waals surface area contributed by atoms with E-state index < -0.39 is 0 Å². The first-order valence-electron chi connectivity index (χ1n) is 8.36. The number of amides is 1. The van der Waals surface area contributed by atoms with Crippen molar-refractivity contribution in [3.63, 3.8) is 0 Å². The minimum Gasteiger partial charge on any atom is -0.441 e. The van der Waals surface area contributed by atoms with E-state index in [1.54, 1.807) is 0 Å². The van der Waals surface area contributed by atoms with Crippen LogP contribution in [-0.4, -0.2) is 28.9 Å². The molecule has 0 atom stereocenters. The number of oxazole rings is 1. The van der Waals surface area contributed by atoms with E-state index in [9.17, 15) is 4.79 Å². The van der Waals surface area contributed by atoms with Crippen LogP contribution < -0.4 is 0 Å². The fourth-order valence-corrected chi connectivity index (χ4v) is 2.57. The van der Waals surface area contributed by atoms with Gasteiger partial charge < -0.3 is 9.32 Å². The van der Waals surface area contributed by atoms with Crippen molar-refractivity contribution in [2.45, 2.75) is 47.0 Å². The van der Waals surface area contributed by atoms with Crippen LogP contribution in [0.15, 0.2) is 28.7 Å². The molecule has 4 nitrogen and oxygen atoms in total. The Balaban J connectivity index is 2.14. The molecule has 0 aliphatic carbocycles. The van der Waals surface area contributed by atoms with Gasteiger partial charge in [0, 0.05) is 18.7 Å². The average Bonchev–Trinajstić information content (AvgIpc) is 2.88. The third-order valence-electron chi connectivity index (χ3n) is 3.85. The smallest absolute Gasteiger partial charge is 0.228 e. The number of aryl methyl sites for hydroxylation is 2.